The van der Waals surface area contributed by atoms with Gasteiger partial charge in [-0.3, -0.25) is 0 Å². The fraction of sp³-hybridized carbons (Fsp3) is 0.286. The highest BCUT2D eigenvalue weighted by molar-refractivity contribution is 5.93. The first-order valence-corrected chi connectivity index (χ1v) is 5.44. The number of aliphatic hydroxyl groups is 2. The Labute approximate surface area is 94.2 Å². The predicted octanol–water partition coefficient (Wildman–Crippen LogP) is 2.27. The third-order valence-corrected chi connectivity index (χ3v) is 3.90. The zero-order chi connectivity index (χ0) is 11.6. The van der Waals surface area contributed by atoms with Gasteiger partial charge in [0.25, 0.3) is 0 Å². The SMILES string of the molecule is C[C@]1(O)c2cccc3cccc(c23)[C@]1(C)O. The van der Waals surface area contributed by atoms with Crippen molar-refractivity contribution in [3.05, 3.63) is 47.5 Å². The van der Waals surface area contributed by atoms with E-state index < -0.39 is 11.2 Å². The quantitative estimate of drug-likeness (QED) is 0.706. The number of benzene rings is 2. The van der Waals surface area contributed by atoms with Crippen LogP contribution in [0.1, 0.15) is 25.0 Å². The lowest BCUT2D eigenvalue weighted by Crippen LogP contribution is -2.40. The van der Waals surface area contributed by atoms with Gasteiger partial charge in [0.15, 0.2) is 0 Å². The summed E-state index contributed by atoms with van der Waals surface area (Å²) in [6, 6.07) is 11.6. The summed E-state index contributed by atoms with van der Waals surface area (Å²) in [6.45, 7) is 3.34. The monoisotopic (exact) mass is 214 g/mol. The van der Waals surface area contributed by atoms with Gasteiger partial charge in [-0.05, 0) is 35.7 Å². The first kappa shape index (κ1) is 9.82. The molecule has 0 bridgehead atoms. The van der Waals surface area contributed by atoms with Crippen molar-refractivity contribution in [3.63, 3.8) is 0 Å². The molecule has 2 N–H and O–H groups in total. The van der Waals surface area contributed by atoms with Crippen molar-refractivity contribution in [2.75, 3.05) is 0 Å². The Morgan fingerprint density at radius 2 is 1.25 bits per heavy atom. The summed E-state index contributed by atoms with van der Waals surface area (Å²) in [5, 5.41) is 23.1. The van der Waals surface area contributed by atoms with Gasteiger partial charge in [-0.1, -0.05) is 36.4 Å². The van der Waals surface area contributed by atoms with E-state index in [4.69, 9.17) is 0 Å². The average Bonchev–Trinajstić information content (AvgIpc) is 2.40. The predicted molar refractivity (Wildman–Crippen MR) is 63.1 cm³/mol. The molecule has 2 heteroatoms. The molecule has 0 saturated carbocycles. The summed E-state index contributed by atoms with van der Waals surface area (Å²) in [5.74, 6) is 0. The highest BCUT2D eigenvalue weighted by Gasteiger charge is 2.51. The van der Waals surface area contributed by atoms with Crippen LogP contribution in [0.3, 0.4) is 0 Å². The van der Waals surface area contributed by atoms with Crippen LogP contribution in [0, 0.1) is 0 Å². The van der Waals surface area contributed by atoms with E-state index in [9.17, 15) is 10.2 Å². The maximum Gasteiger partial charge on any atom is 0.120 e. The van der Waals surface area contributed by atoms with Gasteiger partial charge in [0.2, 0.25) is 0 Å². The molecule has 0 unspecified atom stereocenters. The molecule has 0 aromatic heterocycles. The van der Waals surface area contributed by atoms with Crippen molar-refractivity contribution < 1.29 is 10.2 Å². The molecule has 0 heterocycles. The third kappa shape index (κ3) is 0.896. The average molecular weight is 214 g/mol. The van der Waals surface area contributed by atoms with Crippen molar-refractivity contribution in [2.24, 2.45) is 0 Å². The summed E-state index contributed by atoms with van der Waals surface area (Å²) < 4.78 is 0. The van der Waals surface area contributed by atoms with Gasteiger partial charge in [0.05, 0.1) is 0 Å². The van der Waals surface area contributed by atoms with E-state index in [-0.39, 0.29) is 0 Å². The summed E-state index contributed by atoms with van der Waals surface area (Å²) in [6.07, 6.45) is 0. The lowest BCUT2D eigenvalue weighted by molar-refractivity contribution is -0.135. The fourth-order valence-electron chi connectivity index (χ4n) is 2.68. The molecule has 0 radical (unpaired) electrons. The lowest BCUT2D eigenvalue weighted by atomic mass is 9.84. The van der Waals surface area contributed by atoms with Crippen molar-refractivity contribution in [1.82, 2.24) is 0 Å². The molecule has 0 spiro atoms. The number of rotatable bonds is 0. The molecular formula is C14H14O2. The Morgan fingerprint density at radius 3 is 1.69 bits per heavy atom. The summed E-state index contributed by atoms with van der Waals surface area (Å²) in [5.41, 5.74) is -0.831. The highest BCUT2D eigenvalue weighted by Crippen LogP contribution is 2.51. The van der Waals surface area contributed by atoms with Gasteiger partial charge in [0.1, 0.15) is 11.2 Å². The van der Waals surface area contributed by atoms with E-state index in [0.29, 0.717) is 0 Å². The maximum absolute atomic E-state index is 10.5. The molecule has 82 valence electrons. The minimum Gasteiger partial charge on any atom is -0.382 e. The molecule has 0 saturated heterocycles. The Morgan fingerprint density at radius 1 is 0.812 bits per heavy atom. The highest BCUT2D eigenvalue weighted by atomic mass is 16.4. The normalized spacial score (nSPS) is 32.2. The molecule has 3 rings (SSSR count). The maximum atomic E-state index is 10.5. The topological polar surface area (TPSA) is 40.5 Å². The van der Waals surface area contributed by atoms with Crippen LogP contribution in [0.5, 0.6) is 0 Å². The van der Waals surface area contributed by atoms with E-state index in [1.165, 1.54) is 0 Å². The van der Waals surface area contributed by atoms with E-state index >= 15 is 0 Å². The Bertz CT molecular complexity index is 534. The Hall–Kier alpha value is -1.38. The molecule has 2 aromatic carbocycles. The lowest BCUT2D eigenvalue weighted by Gasteiger charge is -2.33. The number of hydrogen-bond acceptors (Lipinski definition) is 2. The van der Waals surface area contributed by atoms with E-state index in [1.54, 1.807) is 13.8 Å². The van der Waals surface area contributed by atoms with Gasteiger partial charge in [-0.15, -0.1) is 0 Å². The van der Waals surface area contributed by atoms with Gasteiger partial charge in [0, 0.05) is 0 Å². The largest absolute Gasteiger partial charge is 0.382 e. The molecule has 2 atom stereocenters. The fourth-order valence-corrected chi connectivity index (χ4v) is 2.68. The molecular weight excluding hydrogens is 200 g/mol. The van der Waals surface area contributed by atoms with Crippen LogP contribution in [0.25, 0.3) is 10.8 Å². The van der Waals surface area contributed by atoms with Gasteiger partial charge in [-0.2, -0.15) is 0 Å². The summed E-state index contributed by atoms with van der Waals surface area (Å²) >= 11 is 0. The standard InChI is InChI=1S/C14H14O2/c1-13(15)10-7-3-5-9-6-4-8-11(12(9)10)14(13,2)16/h3-8,15-16H,1-2H3/t13-,14-/m0/s1. The third-order valence-electron chi connectivity index (χ3n) is 3.90. The van der Waals surface area contributed by atoms with Crippen molar-refractivity contribution in [2.45, 2.75) is 25.0 Å². The first-order chi connectivity index (χ1) is 7.46. The van der Waals surface area contributed by atoms with Crippen LogP contribution >= 0.6 is 0 Å². The summed E-state index contributed by atoms with van der Waals surface area (Å²) in [4.78, 5) is 0. The minimum atomic E-state index is -1.23. The van der Waals surface area contributed by atoms with Crippen molar-refractivity contribution in [3.8, 4) is 0 Å². The second-order valence-electron chi connectivity index (χ2n) is 4.85. The molecule has 16 heavy (non-hydrogen) atoms. The molecule has 2 nitrogen and oxygen atoms in total. The molecule has 2 aromatic rings. The second kappa shape index (κ2) is 2.65. The van der Waals surface area contributed by atoms with Crippen LogP contribution in [-0.4, -0.2) is 10.2 Å². The van der Waals surface area contributed by atoms with E-state index in [2.05, 4.69) is 0 Å². The van der Waals surface area contributed by atoms with Gasteiger partial charge >= 0.3 is 0 Å². The van der Waals surface area contributed by atoms with Crippen LogP contribution in [0.2, 0.25) is 0 Å². The van der Waals surface area contributed by atoms with Crippen LogP contribution in [0.15, 0.2) is 36.4 Å². The van der Waals surface area contributed by atoms with E-state index in [0.717, 1.165) is 21.9 Å². The van der Waals surface area contributed by atoms with E-state index in [1.807, 2.05) is 36.4 Å². The zero-order valence-electron chi connectivity index (χ0n) is 9.36. The van der Waals surface area contributed by atoms with Crippen molar-refractivity contribution in [1.29, 1.82) is 0 Å². The summed E-state index contributed by atoms with van der Waals surface area (Å²) in [7, 11) is 0. The Kier molecular flexibility index (Phi) is 1.63. The smallest absolute Gasteiger partial charge is 0.120 e. The number of hydrogen-bond donors (Lipinski definition) is 2. The Balaban J connectivity index is 2.54. The van der Waals surface area contributed by atoms with Crippen LogP contribution < -0.4 is 0 Å². The second-order valence-corrected chi connectivity index (χ2v) is 4.85. The first-order valence-electron chi connectivity index (χ1n) is 5.44. The van der Waals surface area contributed by atoms with Crippen LogP contribution in [0.4, 0.5) is 0 Å². The minimum absolute atomic E-state index is 0.811. The molecule has 0 amide bonds. The molecule has 0 fully saturated rings. The zero-order valence-corrected chi connectivity index (χ0v) is 9.36. The van der Waals surface area contributed by atoms with Crippen molar-refractivity contribution >= 4 is 10.8 Å². The van der Waals surface area contributed by atoms with Gasteiger partial charge in [-0.25, -0.2) is 0 Å². The molecule has 1 aliphatic carbocycles. The molecule has 0 aliphatic heterocycles. The molecule has 1 aliphatic rings. The van der Waals surface area contributed by atoms with Gasteiger partial charge < -0.3 is 10.2 Å². The van der Waals surface area contributed by atoms with Crippen LogP contribution in [-0.2, 0) is 11.2 Å².